The van der Waals surface area contributed by atoms with Gasteiger partial charge in [-0.15, -0.1) is 0 Å². The number of ketones is 1. The third-order valence-electron chi connectivity index (χ3n) is 8.83. The Kier molecular flexibility index (Phi) is 9.19. The summed E-state index contributed by atoms with van der Waals surface area (Å²) in [7, 11) is 2.21. The predicted molar refractivity (Wildman–Crippen MR) is 164 cm³/mol. The smallest absolute Gasteiger partial charge is 0.271 e. The molecule has 3 saturated heterocycles. The van der Waals surface area contributed by atoms with Crippen LogP contribution in [0.2, 0.25) is 0 Å². The first-order valence-corrected chi connectivity index (χ1v) is 15.0. The van der Waals surface area contributed by atoms with E-state index in [0.29, 0.717) is 24.7 Å². The van der Waals surface area contributed by atoms with Crippen LogP contribution in [0.25, 0.3) is 0 Å². The van der Waals surface area contributed by atoms with Gasteiger partial charge in [0.1, 0.15) is 0 Å². The molecule has 10 nitrogen and oxygen atoms in total. The average Bonchev–Trinajstić information content (AvgIpc) is 3.46. The molecule has 0 aliphatic carbocycles. The standard InChI is InChI=1S/C31H44N8O2/c1-4-26(40)20-22-10-13-39(21-22)31-27(5-2)34-28(29(32)41)30(35-31)33-23-6-8-24(9-7-23)37-14-11-25(12-15-37)38-18-16-36(3)17-19-38/h4,6-9,22,25H,1,5,10-21H2,2-3H3,(H2,32,41)(H,33,35)/t22-/m0/s1. The molecule has 41 heavy (non-hydrogen) atoms. The highest BCUT2D eigenvalue weighted by Crippen LogP contribution is 2.31. The number of benzene rings is 1. The highest BCUT2D eigenvalue weighted by atomic mass is 16.1. The van der Waals surface area contributed by atoms with Gasteiger partial charge in [0.2, 0.25) is 0 Å². The Bertz CT molecular complexity index is 1230. The number of likely N-dealkylation sites (N-methyl/N-ethyl adjacent to an activating group) is 1. The normalized spacial score (nSPS) is 20.8. The summed E-state index contributed by atoms with van der Waals surface area (Å²) >= 11 is 0. The van der Waals surface area contributed by atoms with Gasteiger partial charge >= 0.3 is 0 Å². The van der Waals surface area contributed by atoms with Gasteiger partial charge in [0.25, 0.3) is 5.91 Å². The lowest BCUT2D eigenvalue weighted by atomic mass is 10.0. The molecule has 0 radical (unpaired) electrons. The molecule has 220 valence electrons. The second-order valence-corrected chi connectivity index (χ2v) is 11.6. The van der Waals surface area contributed by atoms with Crippen LogP contribution in [0.15, 0.2) is 36.9 Å². The third kappa shape index (κ3) is 6.87. The second kappa shape index (κ2) is 13.0. The Hall–Kier alpha value is -3.50. The quantitative estimate of drug-likeness (QED) is 0.424. The number of carbonyl (C=O) groups excluding carboxylic acids is 2. The molecular formula is C31H44N8O2. The van der Waals surface area contributed by atoms with Crippen LogP contribution in [0.5, 0.6) is 0 Å². The van der Waals surface area contributed by atoms with Gasteiger partial charge in [-0.25, -0.2) is 9.97 Å². The Morgan fingerprint density at radius 1 is 1.00 bits per heavy atom. The maximum atomic E-state index is 12.3. The van der Waals surface area contributed by atoms with Gasteiger partial charge in [-0.05, 0) is 69.0 Å². The average molecular weight is 561 g/mol. The number of primary amides is 1. The van der Waals surface area contributed by atoms with Crippen molar-refractivity contribution < 1.29 is 9.59 Å². The minimum absolute atomic E-state index is 0.0629. The molecule has 10 heteroatoms. The van der Waals surface area contributed by atoms with Crippen LogP contribution in [-0.2, 0) is 11.2 Å². The van der Waals surface area contributed by atoms with Crippen LogP contribution >= 0.6 is 0 Å². The lowest BCUT2D eigenvalue weighted by Gasteiger charge is -2.42. The summed E-state index contributed by atoms with van der Waals surface area (Å²) in [5.74, 6) is 0.799. The van der Waals surface area contributed by atoms with E-state index in [2.05, 4.69) is 55.7 Å². The fourth-order valence-corrected chi connectivity index (χ4v) is 6.34. The van der Waals surface area contributed by atoms with Crippen molar-refractivity contribution in [1.29, 1.82) is 0 Å². The van der Waals surface area contributed by atoms with Crippen LogP contribution in [0.1, 0.15) is 48.8 Å². The highest BCUT2D eigenvalue weighted by Gasteiger charge is 2.29. The number of nitrogens with zero attached hydrogens (tertiary/aromatic N) is 6. The molecule has 3 aliphatic heterocycles. The van der Waals surface area contributed by atoms with Crippen molar-refractivity contribution in [2.24, 2.45) is 11.7 Å². The topological polar surface area (TPSA) is 111 Å². The number of aryl methyl sites for hydroxylation is 1. The largest absolute Gasteiger partial charge is 0.371 e. The SMILES string of the molecule is C=CC(=O)C[C@@H]1CCN(c2nc(Nc3ccc(N4CCC(N5CCN(C)CC5)CC4)cc3)c(C(N)=O)nc2CC)C1. The summed E-state index contributed by atoms with van der Waals surface area (Å²) in [6.45, 7) is 13.9. The van der Waals surface area contributed by atoms with Crippen molar-refractivity contribution in [2.75, 3.05) is 74.5 Å². The van der Waals surface area contributed by atoms with E-state index in [-0.39, 0.29) is 17.4 Å². The molecule has 3 aliphatic rings. The van der Waals surface area contributed by atoms with Crippen LogP contribution < -0.4 is 20.9 Å². The summed E-state index contributed by atoms with van der Waals surface area (Å²) in [4.78, 5) is 43.4. The molecule has 3 fully saturated rings. The van der Waals surface area contributed by atoms with E-state index >= 15 is 0 Å². The molecular weight excluding hydrogens is 516 g/mol. The Balaban J connectivity index is 1.26. The molecule has 2 aromatic rings. The molecule has 1 amide bonds. The number of allylic oxidation sites excluding steroid dienone is 1. The van der Waals surface area contributed by atoms with Gasteiger partial charge in [-0.1, -0.05) is 13.5 Å². The van der Waals surface area contributed by atoms with Crippen molar-refractivity contribution in [1.82, 2.24) is 19.8 Å². The van der Waals surface area contributed by atoms with Gasteiger partial charge in [-0.3, -0.25) is 14.5 Å². The van der Waals surface area contributed by atoms with Gasteiger partial charge in [0.15, 0.2) is 23.1 Å². The lowest BCUT2D eigenvalue weighted by molar-refractivity contribution is -0.115. The molecule has 1 atom stereocenters. The monoisotopic (exact) mass is 560 g/mol. The zero-order valence-electron chi connectivity index (χ0n) is 24.5. The summed E-state index contributed by atoms with van der Waals surface area (Å²) in [6, 6.07) is 8.97. The zero-order valence-corrected chi connectivity index (χ0v) is 24.5. The van der Waals surface area contributed by atoms with E-state index in [1.165, 1.54) is 37.7 Å². The molecule has 1 aromatic carbocycles. The molecule has 0 spiro atoms. The molecule has 0 saturated carbocycles. The summed E-state index contributed by atoms with van der Waals surface area (Å²) < 4.78 is 0. The minimum atomic E-state index is -0.614. The molecule has 1 aromatic heterocycles. The summed E-state index contributed by atoms with van der Waals surface area (Å²) in [5, 5.41) is 3.31. The number of carbonyl (C=O) groups is 2. The maximum absolute atomic E-state index is 12.3. The summed E-state index contributed by atoms with van der Waals surface area (Å²) in [5.41, 5.74) is 8.62. The Morgan fingerprint density at radius 3 is 2.32 bits per heavy atom. The maximum Gasteiger partial charge on any atom is 0.271 e. The fraction of sp³-hybridized carbons (Fsp3) is 0.548. The number of piperidine rings is 1. The summed E-state index contributed by atoms with van der Waals surface area (Å²) in [6.07, 6.45) is 5.78. The number of nitrogens with one attached hydrogen (secondary N) is 1. The van der Waals surface area contributed by atoms with Gasteiger partial charge in [-0.2, -0.15) is 0 Å². The first-order chi connectivity index (χ1) is 19.8. The van der Waals surface area contributed by atoms with E-state index in [0.717, 1.165) is 62.9 Å². The van der Waals surface area contributed by atoms with Gasteiger partial charge in [0.05, 0.1) is 5.69 Å². The number of aromatic nitrogens is 2. The number of piperazine rings is 1. The zero-order chi connectivity index (χ0) is 28.9. The third-order valence-corrected chi connectivity index (χ3v) is 8.83. The van der Waals surface area contributed by atoms with E-state index in [4.69, 9.17) is 10.7 Å². The number of amides is 1. The van der Waals surface area contributed by atoms with E-state index in [1.54, 1.807) is 0 Å². The lowest BCUT2D eigenvalue weighted by Crippen LogP contribution is -2.52. The van der Waals surface area contributed by atoms with Crippen LogP contribution in [0.3, 0.4) is 0 Å². The fourth-order valence-electron chi connectivity index (χ4n) is 6.34. The number of hydrogen-bond acceptors (Lipinski definition) is 9. The number of anilines is 4. The molecule has 4 heterocycles. The molecule has 3 N–H and O–H groups in total. The second-order valence-electron chi connectivity index (χ2n) is 11.6. The first kappa shape index (κ1) is 29.0. The van der Waals surface area contributed by atoms with E-state index in [9.17, 15) is 9.59 Å². The van der Waals surface area contributed by atoms with Crippen molar-refractivity contribution in [2.45, 2.75) is 45.1 Å². The molecule has 0 unspecified atom stereocenters. The Morgan fingerprint density at radius 2 is 1.68 bits per heavy atom. The van der Waals surface area contributed by atoms with Crippen molar-refractivity contribution in [3.8, 4) is 0 Å². The highest BCUT2D eigenvalue weighted by molar-refractivity contribution is 5.96. The number of nitrogens with two attached hydrogens (primary N) is 1. The molecule has 5 rings (SSSR count). The number of hydrogen-bond donors (Lipinski definition) is 2. The van der Waals surface area contributed by atoms with Crippen LogP contribution in [-0.4, -0.2) is 96.9 Å². The van der Waals surface area contributed by atoms with E-state index in [1.807, 2.05) is 19.1 Å². The van der Waals surface area contributed by atoms with Gasteiger partial charge in [0, 0.05) is 76.2 Å². The number of rotatable bonds is 10. The van der Waals surface area contributed by atoms with E-state index < -0.39 is 5.91 Å². The van der Waals surface area contributed by atoms with Crippen molar-refractivity contribution in [3.05, 3.63) is 48.3 Å². The predicted octanol–water partition coefficient (Wildman–Crippen LogP) is 3.07. The van der Waals surface area contributed by atoms with Gasteiger partial charge < -0.3 is 25.8 Å². The Labute approximate surface area is 243 Å². The van der Waals surface area contributed by atoms with Crippen molar-refractivity contribution >= 4 is 34.7 Å². The van der Waals surface area contributed by atoms with Crippen LogP contribution in [0, 0.1) is 5.92 Å². The molecule has 0 bridgehead atoms. The first-order valence-electron chi connectivity index (χ1n) is 15.0. The van der Waals surface area contributed by atoms with Crippen LogP contribution in [0.4, 0.5) is 23.0 Å². The van der Waals surface area contributed by atoms with Crippen molar-refractivity contribution in [3.63, 3.8) is 0 Å². The minimum Gasteiger partial charge on any atom is -0.371 e.